The monoisotopic (exact) mass is 512 g/mol. The molecular formula is C19H28F3IN4O. The first-order chi connectivity index (χ1) is 12.8. The third-order valence-electron chi connectivity index (χ3n) is 4.61. The van der Waals surface area contributed by atoms with Crippen molar-refractivity contribution in [1.82, 2.24) is 15.5 Å². The third kappa shape index (κ3) is 7.84. The lowest BCUT2D eigenvalue weighted by molar-refractivity contribution is -0.137. The normalized spacial score (nSPS) is 17.7. The Bertz CT molecular complexity index is 650. The Kier molecular flexibility index (Phi) is 10.0. The zero-order chi connectivity index (χ0) is 19.9. The summed E-state index contributed by atoms with van der Waals surface area (Å²) in [7, 11) is 1.61. The summed E-state index contributed by atoms with van der Waals surface area (Å²) in [6.45, 7) is 4.60. The highest BCUT2D eigenvalue weighted by Gasteiger charge is 2.29. The third-order valence-corrected chi connectivity index (χ3v) is 4.61. The minimum Gasteiger partial charge on any atom is -0.356 e. The highest BCUT2D eigenvalue weighted by atomic mass is 127. The van der Waals surface area contributed by atoms with Crippen molar-refractivity contribution in [3.05, 3.63) is 35.4 Å². The first-order valence-electron chi connectivity index (χ1n) is 9.18. The van der Waals surface area contributed by atoms with Gasteiger partial charge in [0.25, 0.3) is 0 Å². The van der Waals surface area contributed by atoms with Crippen LogP contribution in [0.15, 0.2) is 29.3 Å². The van der Waals surface area contributed by atoms with Crippen molar-refractivity contribution in [3.63, 3.8) is 0 Å². The van der Waals surface area contributed by atoms with Crippen LogP contribution < -0.4 is 10.6 Å². The van der Waals surface area contributed by atoms with Crippen molar-refractivity contribution in [2.75, 3.05) is 26.7 Å². The number of hydrogen-bond donors (Lipinski definition) is 2. The number of alkyl halides is 3. The van der Waals surface area contributed by atoms with Gasteiger partial charge in [0.05, 0.1) is 5.56 Å². The van der Waals surface area contributed by atoms with Crippen LogP contribution in [0.2, 0.25) is 0 Å². The number of aliphatic imine (C=N–C) groups is 1. The number of carbonyl (C=O) groups excluding carboxylic acids is 1. The Balaban J connectivity index is 0.00000392. The van der Waals surface area contributed by atoms with E-state index in [0.29, 0.717) is 37.0 Å². The van der Waals surface area contributed by atoms with Crippen LogP contribution in [0.25, 0.3) is 0 Å². The smallest absolute Gasteiger partial charge is 0.356 e. The van der Waals surface area contributed by atoms with Gasteiger partial charge in [-0.2, -0.15) is 13.2 Å². The number of nitrogens with one attached hydrogen (secondary N) is 2. The molecule has 1 saturated heterocycles. The second-order valence-corrected chi connectivity index (χ2v) is 6.88. The van der Waals surface area contributed by atoms with Gasteiger partial charge >= 0.3 is 6.18 Å². The summed E-state index contributed by atoms with van der Waals surface area (Å²) in [5.74, 6) is 1.19. The van der Waals surface area contributed by atoms with Crippen molar-refractivity contribution in [1.29, 1.82) is 0 Å². The second-order valence-electron chi connectivity index (χ2n) is 6.88. The molecule has 1 aliphatic rings. The van der Waals surface area contributed by atoms with Gasteiger partial charge < -0.3 is 15.5 Å². The zero-order valence-electron chi connectivity index (χ0n) is 16.2. The molecule has 1 aliphatic heterocycles. The molecule has 1 unspecified atom stereocenters. The molecular weight excluding hydrogens is 484 g/mol. The number of nitrogens with zero attached hydrogens (tertiary/aromatic N) is 2. The number of amides is 1. The minimum atomic E-state index is -4.33. The topological polar surface area (TPSA) is 56.7 Å². The van der Waals surface area contributed by atoms with Gasteiger partial charge in [-0.1, -0.05) is 19.1 Å². The van der Waals surface area contributed by atoms with Gasteiger partial charge in [0.15, 0.2) is 5.96 Å². The maximum Gasteiger partial charge on any atom is 0.416 e. The predicted molar refractivity (Wildman–Crippen MR) is 115 cm³/mol. The van der Waals surface area contributed by atoms with Gasteiger partial charge in [-0.25, -0.2) is 0 Å². The lowest BCUT2D eigenvalue weighted by atomic mass is 10.00. The molecule has 1 aromatic carbocycles. The molecule has 0 aliphatic carbocycles. The molecule has 0 bridgehead atoms. The van der Waals surface area contributed by atoms with Crippen molar-refractivity contribution in [2.45, 2.75) is 38.9 Å². The number of guanidine groups is 1. The van der Waals surface area contributed by atoms with E-state index in [1.54, 1.807) is 7.05 Å². The maximum atomic E-state index is 12.6. The summed E-state index contributed by atoms with van der Waals surface area (Å²) in [6.07, 6.45) is -1.73. The van der Waals surface area contributed by atoms with E-state index in [1.807, 2.05) is 4.90 Å². The van der Waals surface area contributed by atoms with E-state index < -0.39 is 11.7 Å². The summed E-state index contributed by atoms with van der Waals surface area (Å²) in [5, 5.41) is 6.10. The lowest BCUT2D eigenvalue weighted by Crippen LogP contribution is -2.42. The molecule has 0 saturated carbocycles. The number of rotatable bonds is 5. The standard InChI is InChI=1S/C19H27F3N4O.HI/c1-14-4-3-11-26(13-14)17(27)9-10-24-18(23-2)25-12-15-5-7-16(8-6-15)19(20,21)22;/h5-8,14H,3-4,9-13H2,1-2H3,(H2,23,24,25);1H. The van der Waals surface area contributed by atoms with Crippen LogP contribution in [0.3, 0.4) is 0 Å². The Morgan fingerprint density at radius 2 is 1.93 bits per heavy atom. The summed E-state index contributed by atoms with van der Waals surface area (Å²) in [6, 6.07) is 4.99. The molecule has 158 valence electrons. The molecule has 2 rings (SSSR count). The van der Waals surface area contributed by atoms with Gasteiger partial charge in [0.1, 0.15) is 0 Å². The molecule has 1 heterocycles. The zero-order valence-corrected chi connectivity index (χ0v) is 18.5. The van der Waals surface area contributed by atoms with Crippen LogP contribution in [0, 0.1) is 5.92 Å². The average Bonchev–Trinajstić information content (AvgIpc) is 2.64. The van der Waals surface area contributed by atoms with E-state index in [1.165, 1.54) is 18.6 Å². The second kappa shape index (κ2) is 11.5. The number of piperidine rings is 1. The van der Waals surface area contributed by atoms with Crippen LogP contribution in [0.4, 0.5) is 13.2 Å². The molecule has 28 heavy (non-hydrogen) atoms. The highest BCUT2D eigenvalue weighted by Crippen LogP contribution is 2.29. The Labute approximate surface area is 181 Å². The molecule has 0 aromatic heterocycles. The molecule has 1 aromatic rings. The summed E-state index contributed by atoms with van der Waals surface area (Å²) >= 11 is 0. The largest absolute Gasteiger partial charge is 0.416 e. The summed E-state index contributed by atoms with van der Waals surface area (Å²) in [5.41, 5.74) is 0.0450. The molecule has 0 spiro atoms. The van der Waals surface area contributed by atoms with E-state index in [4.69, 9.17) is 0 Å². The van der Waals surface area contributed by atoms with E-state index in [2.05, 4.69) is 22.5 Å². The predicted octanol–water partition coefficient (Wildman–Crippen LogP) is 3.64. The van der Waals surface area contributed by atoms with E-state index in [-0.39, 0.29) is 29.9 Å². The summed E-state index contributed by atoms with van der Waals surface area (Å²) < 4.78 is 37.7. The van der Waals surface area contributed by atoms with Crippen LogP contribution in [0.1, 0.15) is 37.3 Å². The van der Waals surface area contributed by atoms with Crippen LogP contribution >= 0.6 is 24.0 Å². The van der Waals surface area contributed by atoms with Crippen molar-refractivity contribution in [2.24, 2.45) is 10.9 Å². The lowest BCUT2D eigenvalue weighted by Gasteiger charge is -2.31. The van der Waals surface area contributed by atoms with Crippen molar-refractivity contribution in [3.8, 4) is 0 Å². The van der Waals surface area contributed by atoms with Gasteiger partial charge in [0, 0.05) is 39.6 Å². The summed E-state index contributed by atoms with van der Waals surface area (Å²) in [4.78, 5) is 18.2. The van der Waals surface area contributed by atoms with Crippen molar-refractivity contribution < 1.29 is 18.0 Å². The van der Waals surface area contributed by atoms with E-state index in [9.17, 15) is 18.0 Å². The van der Waals surface area contributed by atoms with E-state index in [0.717, 1.165) is 31.6 Å². The highest BCUT2D eigenvalue weighted by molar-refractivity contribution is 14.0. The fourth-order valence-electron chi connectivity index (χ4n) is 3.08. The molecule has 1 amide bonds. The molecule has 9 heteroatoms. The Morgan fingerprint density at radius 1 is 1.25 bits per heavy atom. The number of likely N-dealkylation sites (tertiary alicyclic amines) is 1. The molecule has 2 N–H and O–H groups in total. The van der Waals surface area contributed by atoms with E-state index >= 15 is 0 Å². The first kappa shape index (κ1) is 24.5. The van der Waals surface area contributed by atoms with Gasteiger partial charge in [-0.15, -0.1) is 24.0 Å². The van der Waals surface area contributed by atoms with Crippen LogP contribution in [-0.4, -0.2) is 43.4 Å². The number of benzene rings is 1. The quantitative estimate of drug-likeness (QED) is 0.360. The van der Waals surface area contributed by atoms with Gasteiger partial charge in [-0.3, -0.25) is 9.79 Å². The Morgan fingerprint density at radius 3 is 2.50 bits per heavy atom. The van der Waals surface area contributed by atoms with Crippen LogP contribution in [-0.2, 0) is 17.5 Å². The number of hydrogen-bond acceptors (Lipinski definition) is 2. The number of halogens is 4. The Hall–Kier alpha value is -1.52. The minimum absolute atomic E-state index is 0. The SMILES string of the molecule is CN=C(NCCC(=O)N1CCCC(C)C1)NCc1ccc(C(F)(F)F)cc1.I. The van der Waals surface area contributed by atoms with Crippen LogP contribution in [0.5, 0.6) is 0 Å². The van der Waals surface area contributed by atoms with Gasteiger partial charge in [-0.05, 0) is 36.5 Å². The average molecular weight is 512 g/mol. The fraction of sp³-hybridized carbons (Fsp3) is 0.579. The molecule has 1 atom stereocenters. The molecule has 1 fully saturated rings. The first-order valence-corrected chi connectivity index (χ1v) is 9.18. The molecule has 0 radical (unpaired) electrons. The fourth-order valence-corrected chi connectivity index (χ4v) is 3.08. The maximum absolute atomic E-state index is 12.6. The molecule has 5 nitrogen and oxygen atoms in total. The van der Waals surface area contributed by atoms with Gasteiger partial charge in [0.2, 0.25) is 5.91 Å². The van der Waals surface area contributed by atoms with Crippen molar-refractivity contribution >= 4 is 35.8 Å². The number of carbonyl (C=O) groups is 1.